The molecule has 0 spiro atoms. The summed E-state index contributed by atoms with van der Waals surface area (Å²) < 4.78 is 0. The van der Waals surface area contributed by atoms with E-state index < -0.39 is 4.92 Å². The summed E-state index contributed by atoms with van der Waals surface area (Å²) in [6, 6.07) is 22.3. The molecule has 1 aliphatic heterocycles. The van der Waals surface area contributed by atoms with Gasteiger partial charge in [-0.1, -0.05) is 54.1 Å². The first-order valence-electron chi connectivity index (χ1n) is 9.66. The molecule has 0 radical (unpaired) electrons. The summed E-state index contributed by atoms with van der Waals surface area (Å²) in [4.78, 5) is 27.5. The molecular weight excluding hydrogens is 402 g/mol. The molecule has 4 rings (SSSR count). The van der Waals surface area contributed by atoms with Crippen LogP contribution in [0, 0.1) is 10.1 Å². The van der Waals surface area contributed by atoms with Crippen molar-refractivity contribution in [2.24, 2.45) is 0 Å². The minimum absolute atomic E-state index is 0.0150. The normalized spacial score (nSPS) is 13.9. The van der Waals surface area contributed by atoms with Gasteiger partial charge in [-0.25, -0.2) is 0 Å². The summed E-state index contributed by atoms with van der Waals surface area (Å²) in [6.45, 7) is 2.05. The Morgan fingerprint density at radius 3 is 2.13 bits per heavy atom. The van der Waals surface area contributed by atoms with Gasteiger partial charge in [0.1, 0.15) is 5.69 Å². The first kappa shape index (κ1) is 19.9. The second-order valence-electron chi connectivity index (χ2n) is 7.11. The Hall–Kier alpha value is -3.38. The average Bonchev–Trinajstić information content (AvgIpc) is 2.79. The van der Waals surface area contributed by atoms with Gasteiger partial charge in [0, 0.05) is 42.8 Å². The number of halogens is 1. The van der Waals surface area contributed by atoms with Crippen LogP contribution < -0.4 is 4.90 Å². The topological polar surface area (TPSA) is 66.7 Å². The van der Waals surface area contributed by atoms with Crippen LogP contribution in [0.1, 0.15) is 10.4 Å². The van der Waals surface area contributed by atoms with Crippen LogP contribution in [0.25, 0.3) is 11.1 Å². The standard InChI is InChI=1S/C23H20ClN3O3/c24-20-10-11-21(22(16-20)27(29)30)25-12-14-26(15-13-25)23(28)19-8-6-18(7-9-19)17-4-2-1-3-5-17/h1-11,16H,12-15H2. The van der Waals surface area contributed by atoms with E-state index in [4.69, 9.17) is 11.6 Å². The maximum absolute atomic E-state index is 12.9. The van der Waals surface area contributed by atoms with Gasteiger partial charge >= 0.3 is 0 Å². The summed E-state index contributed by atoms with van der Waals surface area (Å²) in [7, 11) is 0. The van der Waals surface area contributed by atoms with Crippen molar-refractivity contribution < 1.29 is 9.72 Å². The highest BCUT2D eigenvalue weighted by Crippen LogP contribution is 2.31. The predicted molar refractivity (Wildman–Crippen MR) is 118 cm³/mol. The van der Waals surface area contributed by atoms with Crippen molar-refractivity contribution in [3.63, 3.8) is 0 Å². The first-order chi connectivity index (χ1) is 14.5. The lowest BCUT2D eigenvalue weighted by Crippen LogP contribution is -2.48. The Morgan fingerprint density at radius 1 is 0.867 bits per heavy atom. The summed E-state index contributed by atoms with van der Waals surface area (Å²) in [5.41, 5.74) is 3.32. The van der Waals surface area contributed by atoms with Gasteiger partial charge in [0.15, 0.2) is 0 Å². The maximum Gasteiger partial charge on any atom is 0.294 e. The molecule has 0 aromatic heterocycles. The molecule has 30 heavy (non-hydrogen) atoms. The van der Waals surface area contributed by atoms with E-state index >= 15 is 0 Å². The maximum atomic E-state index is 12.9. The monoisotopic (exact) mass is 421 g/mol. The lowest BCUT2D eigenvalue weighted by atomic mass is 10.0. The lowest BCUT2D eigenvalue weighted by molar-refractivity contribution is -0.384. The van der Waals surface area contributed by atoms with Crippen molar-refractivity contribution in [2.45, 2.75) is 0 Å². The van der Waals surface area contributed by atoms with Crippen molar-refractivity contribution in [3.05, 3.63) is 93.5 Å². The molecule has 0 N–H and O–H groups in total. The van der Waals surface area contributed by atoms with Gasteiger partial charge in [0.25, 0.3) is 11.6 Å². The summed E-state index contributed by atoms with van der Waals surface area (Å²) in [6.07, 6.45) is 0. The zero-order chi connectivity index (χ0) is 21.1. The minimum Gasteiger partial charge on any atom is -0.362 e. The van der Waals surface area contributed by atoms with Crippen LogP contribution in [0.4, 0.5) is 11.4 Å². The SMILES string of the molecule is O=C(c1ccc(-c2ccccc2)cc1)N1CCN(c2ccc(Cl)cc2[N+](=O)[O-])CC1. The predicted octanol–water partition coefficient (Wildman–Crippen LogP) is 4.88. The number of hydrogen-bond donors (Lipinski definition) is 0. The Kier molecular flexibility index (Phi) is 5.68. The number of amides is 1. The van der Waals surface area contributed by atoms with Crippen molar-refractivity contribution in [1.29, 1.82) is 0 Å². The number of nitrogens with zero attached hydrogens (tertiary/aromatic N) is 3. The van der Waals surface area contributed by atoms with Crippen molar-refractivity contribution >= 4 is 28.9 Å². The molecule has 0 saturated carbocycles. The third-order valence-electron chi connectivity index (χ3n) is 5.28. The van der Waals surface area contributed by atoms with Gasteiger partial charge in [-0.3, -0.25) is 14.9 Å². The lowest BCUT2D eigenvalue weighted by Gasteiger charge is -2.35. The van der Waals surface area contributed by atoms with Gasteiger partial charge in [0.05, 0.1) is 4.92 Å². The number of benzene rings is 3. The largest absolute Gasteiger partial charge is 0.362 e. The molecule has 152 valence electrons. The Bertz CT molecular complexity index is 1060. The molecule has 7 heteroatoms. The summed E-state index contributed by atoms with van der Waals surface area (Å²) >= 11 is 5.91. The van der Waals surface area contributed by atoms with E-state index in [1.807, 2.05) is 59.5 Å². The molecule has 1 aliphatic rings. The van der Waals surface area contributed by atoms with Crippen LogP contribution in [-0.4, -0.2) is 41.9 Å². The molecule has 0 bridgehead atoms. The molecule has 1 heterocycles. The van der Waals surface area contributed by atoms with E-state index in [1.54, 1.807) is 17.0 Å². The zero-order valence-corrected chi connectivity index (χ0v) is 17.0. The summed E-state index contributed by atoms with van der Waals surface area (Å²) in [5, 5.41) is 11.7. The van der Waals surface area contributed by atoms with Gasteiger partial charge < -0.3 is 9.80 Å². The Balaban J connectivity index is 1.43. The van der Waals surface area contributed by atoms with Gasteiger partial charge in [-0.2, -0.15) is 0 Å². The van der Waals surface area contributed by atoms with Crippen molar-refractivity contribution in [1.82, 2.24) is 4.90 Å². The Labute approximate surface area is 179 Å². The van der Waals surface area contributed by atoms with Crippen LogP contribution in [0.15, 0.2) is 72.8 Å². The summed E-state index contributed by atoms with van der Waals surface area (Å²) in [5.74, 6) is -0.0279. The molecule has 1 amide bonds. The number of hydrogen-bond acceptors (Lipinski definition) is 4. The van der Waals surface area contributed by atoms with Crippen LogP contribution in [0.2, 0.25) is 5.02 Å². The average molecular weight is 422 g/mol. The molecule has 0 atom stereocenters. The van der Waals surface area contributed by atoms with E-state index in [9.17, 15) is 14.9 Å². The van der Waals surface area contributed by atoms with Crippen LogP contribution in [-0.2, 0) is 0 Å². The van der Waals surface area contributed by atoms with E-state index in [0.717, 1.165) is 11.1 Å². The Morgan fingerprint density at radius 2 is 1.50 bits per heavy atom. The van der Waals surface area contributed by atoms with Crippen molar-refractivity contribution in [3.8, 4) is 11.1 Å². The molecule has 1 saturated heterocycles. The smallest absolute Gasteiger partial charge is 0.294 e. The third kappa shape index (κ3) is 4.14. The number of anilines is 1. The van der Waals surface area contributed by atoms with Gasteiger partial charge in [-0.15, -0.1) is 0 Å². The minimum atomic E-state index is -0.424. The fourth-order valence-electron chi connectivity index (χ4n) is 3.68. The number of nitro benzene ring substituents is 1. The highest BCUT2D eigenvalue weighted by atomic mass is 35.5. The quantitative estimate of drug-likeness (QED) is 0.445. The van der Waals surface area contributed by atoms with Gasteiger partial charge in [-0.05, 0) is 35.4 Å². The van der Waals surface area contributed by atoms with E-state index in [0.29, 0.717) is 42.5 Å². The van der Waals surface area contributed by atoms with E-state index in [2.05, 4.69) is 0 Å². The second kappa shape index (κ2) is 8.55. The molecular formula is C23H20ClN3O3. The van der Waals surface area contributed by atoms with Crippen LogP contribution in [0.3, 0.4) is 0 Å². The number of carbonyl (C=O) groups is 1. The van der Waals surface area contributed by atoms with E-state index in [-0.39, 0.29) is 11.6 Å². The third-order valence-corrected chi connectivity index (χ3v) is 5.52. The number of rotatable bonds is 4. The molecule has 6 nitrogen and oxygen atoms in total. The molecule has 3 aromatic rings. The van der Waals surface area contributed by atoms with Crippen LogP contribution >= 0.6 is 11.6 Å². The van der Waals surface area contributed by atoms with Crippen molar-refractivity contribution in [2.75, 3.05) is 31.1 Å². The molecule has 1 fully saturated rings. The highest BCUT2D eigenvalue weighted by molar-refractivity contribution is 6.30. The fourth-order valence-corrected chi connectivity index (χ4v) is 3.85. The highest BCUT2D eigenvalue weighted by Gasteiger charge is 2.26. The second-order valence-corrected chi connectivity index (χ2v) is 7.55. The zero-order valence-electron chi connectivity index (χ0n) is 16.2. The number of carbonyl (C=O) groups excluding carboxylic acids is 1. The molecule has 0 aliphatic carbocycles. The number of nitro groups is 1. The van der Waals surface area contributed by atoms with Gasteiger partial charge in [0.2, 0.25) is 0 Å². The molecule has 0 unspecified atom stereocenters. The number of piperazine rings is 1. The molecule has 3 aromatic carbocycles. The first-order valence-corrected chi connectivity index (χ1v) is 10.0. The fraction of sp³-hybridized carbons (Fsp3) is 0.174. The van der Waals surface area contributed by atoms with E-state index in [1.165, 1.54) is 6.07 Å². The van der Waals surface area contributed by atoms with Crippen LogP contribution in [0.5, 0.6) is 0 Å².